The zero-order chi connectivity index (χ0) is 21.4. The van der Waals surface area contributed by atoms with Crippen molar-refractivity contribution in [2.24, 2.45) is 5.92 Å². The first-order valence-electron chi connectivity index (χ1n) is 10.5. The van der Waals surface area contributed by atoms with Crippen LogP contribution in [0.15, 0.2) is 59.7 Å². The number of pyridine rings is 1. The van der Waals surface area contributed by atoms with Crippen molar-refractivity contribution in [1.82, 2.24) is 19.4 Å². The van der Waals surface area contributed by atoms with Crippen LogP contribution in [0.4, 0.5) is 0 Å². The predicted molar refractivity (Wildman–Crippen MR) is 116 cm³/mol. The first-order chi connectivity index (χ1) is 15.1. The largest absolute Gasteiger partial charge is 0.464 e. The normalized spacial score (nSPS) is 20.2. The highest BCUT2D eigenvalue weighted by Crippen LogP contribution is 2.36. The van der Waals surface area contributed by atoms with Crippen LogP contribution in [-0.4, -0.2) is 45.6 Å². The number of nitrogens with zero attached hydrogens (tertiary/aromatic N) is 4. The monoisotopic (exact) mass is 416 g/mol. The van der Waals surface area contributed by atoms with Crippen molar-refractivity contribution in [1.29, 1.82) is 0 Å². The van der Waals surface area contributed by atoms with Gasteiger partial charge in [0.15, 0.2) is 5.69 Å². The molecule has 2 bridgehead atoms. The third kappa shape index (κ3) is 3.88. The minimum atomic E-state index is -0.483. The Hall–Kier alpha value is -3.32. The Labute approximate surface area is 180 Å². The Kier molecular flexibility index (Phi) is 5.11. The molecule has 0 saturated carbocycles. The zero-order valence-electron chi connectivity index (χ0n) is 17.4. The van der Waals surface area contributed by atoms with Gasteiger partial charge in [0.2, 0.25) is 0 Å². The summed E-state index contributed by atoms with van der Waals surface area (Å²) in [5.74, 6) is 0.266. The molecule has 7 heteroatoms. The highest BCUT2D eigenvalue weighted by atomic mass is 16.5. The maximum absolute atomic E-state index is 12.9. The van der Waals surface area contributed by atoms with Crippen LogP contribution in [0.25, 0.3) is 11.1 Å². The molecule has 2 aliphatic heterocycles. The van der Waals surface area contributed by atoms with Gasteiger partial charge in [0.25, 0.3) is 5.56 Å². The van der Waals surface area contributed by atoms with E-state index in [1.165, 1.54) is 13.3 Å². The van der Waals surface area contributed by atoms with Gasteiger partial charge in [-0.3, -0.25) is 14.7 Å². The Bertz CT molecular complexity index is 1160. The lowest BCUT2D eigenvalue weighted by atomic mass is 9.82. The van der Waals surface area contributed by atoms with Gasteiger partial charge in [0.1, 0.15) is 0 Å². The molecule has 5 rings (SSSR count). The first kappa shape index (κ1) is 19.6. The van der Waals surface area contributed by atoms with Gasteiger partial charge in [-0.05, 0) is 29.5 Å². The van der Waals surface area contributed by atoms with Crippen LogP contribution in [0.5, 0.6) is 0 Å². The molecule has 158 valence electrons. The molecule has 1 saturated heterocycles. The number of hydrogen-bond donors (Lipinski definition) is 0. The van der Waals surface area contributed by atoms with Gasteiger partial charge in [0.05, 0.1) is 25.2 Å². The number of esters is 1. The lowest BCUT2D eigenvalue weighted by Crippen LogP contribution is -2.46. The molecule has 7 nitrogen and oxygen atoms in total. The van der Waals surface area contributed by atoms with Gasteiger partial charge in [-0.25, -0.2) is 9.78 Å². The molecule has 0 amide bonds. The van der Waals surface area contributed by atoms with Crippen LogP contribution < -0.4 is 5.56 Å². The fraction of sp³-hybridized carbons (Fsp3) is 0.333. The predicted octanol–water partition coefficient (Wildman–Crippen LogP) is 2.71. The average molecular weight is 416 g/mol. The van der Waals surface area contributed by atoms with Crippen molar-refractivity contribution in [3.63, 3.8) is 0 Å². The summed E-state index contributed by atoms with van der Waals surface area (Å²) >= 11 is 0. The molecule has 0 unspecified atom stereocenters. The van der Waals surface area contributed by atoms with Crippen LogP contribution in [0.3, 0.4) is 0 Å². The van der Waals surface area contributed by atoms with Crippen LogP contribution in [-0.2, 0) is 17.8 Å². The molecular weight excluding hydrogens is 392 g/mol. The van der Waals surface area contributed by atoms with E-state index in [-0.39, 0.29) is 11.3 Å². The molecule has 3 aromatic rings. The molecule has 0 radical (unpaired) electrons. The molecule has 4 heterocycles. The van der Waals surface area contributed by atoms with Gasteiger partial charge < -0.3 is 9.30 Å². The number of benzene rings is 1. The van der Waals surface area contributed by atoms with Gasteiger partial charge in [-0.2, -0.15) is 0 Å². The van der Waals surface area contributed by atoms with Crippen LogP contribution in [0.1, 0.15) is 34.2 Å². The zero-order valence-corrected chi connectivity index (χ0v) is 17.4. The van der Waals surface area contributed by atoms with E-state index in [4.69, 9.17) is 0 Å². The minimum Gasteiger partial charge on any atom is -0.464 e. The van der Waals surface area contributed by atoms with Crippen molar-refractivity contribution in [3.05, 3.63) is 82.3 Å². The summed E-state index contributed by atoms with van der Waals surface area (Å²) in [7, 11) is 1.33. The van der Waals surface area contributed by atoms with E-state index >= 15 is 0 Å². The molecule has 0 N–H and O–H groups in total. The number of hydrogen-bond acceptors (Lipinski definition) is 6. The molecule has 1 aromatic carbocycles. The molecular formula is C24H24N4O3. The number of fused-ring (bicyclic) bond motifs is 4. The second-order valence-electron chi connectivity index (χ2n) is 8.36. The van der Waals surface area contributed by atoms with Crippen LogP contribution >= 0.6 is 0 Å². The molecule has 31 heavy (non-hydrogen) atoms. The smallest absolute Gasteiger partial charge is 0.358 e. The van der Waals surface area contributed by atoms with Crippen molar-refractivity contribution in [2.75, 3.05) is 20.2 Å². The minimum absolute atomic E-state index is 0.0868. The second-order valence-corrected chi connectivity index (χ2v) is 8.36. The summed E-state index contributed by atoms with van der Waals surface area (Å²) < 4.78 is 6.65. The highest BCUT2D eigenvalue weighted by molar-refractivity contribution is 5.86. The fourth-order valence-electron chi connectivity index (χ4n) is 4.86. The summed E-state index contributed by atoms with van der Waals surface area (Å²) in [5, 5.41) is 0. The SMILES string of the molecule is COC(=O)c1cnc(CN2C[C@@H]3C[C@H](C2)c2cc(-c4ccccc4)cc(=O)n2C3)cn1. The fourth-order valence-corrected chi connectivity index (χ4v) is 4.86. The number of rotatable bonds is 4. The number of likely N-dealkylation sites (tertiary alicyclic amines) is 1. The van der Waals surface area contributed by atoms with E-state index in [2.05, 4.69) is 25.7 Å². The number of ether oxygens (including phenoxy) is 1. The van der Waals surface area contributed by atoms with Gasteiger partial charge >= 0.3 is 5.97 Å². The topological polar surface area (TPSA) is 77.3 Å². The lowest BCUT2D eigenvalue weighted by Gasteiger charge is -2.42. The summed E-state index contributed by atoms with van der Waals surface area (Å²) in [6.07, 6.45) is 4.21. The quantitative estimate of drug-likeness (QED) is 0.609. The maximum Gasteiger partial charge on any atom is 0.358 e. The molecule has 0 spiro atoms. The summed E-state index contributed by atoms with van der Waals surface area (Å²) in [6.45, 7) is 3.21. The van der Waals surface area contributed by atoms with Crippen molar-refractivity contribution in [2.45, 2.75) is 25.4 Å². The number of carbonyl (C=O) groups is 1. The standard InChI is InChI=1S/C24H24N4O3/c1-31-24(30)21-11-25-20(10-26-21)15-27-12-16-7-19(14-27)22-8-18(9-23(29)28(22)13-16)17-5-3-2-4-6-17/h2-6,8-11,16,19H,7,12-15H2,1H3/t16-,19+/m0/s1. The third-order valence-corrected chi connectivity index (χ3v) is 6.22. The third-order valence-electron chi connectivity index (χ3n) is 6.22. The van der Waals surface area contributed by atoms with E-state index in [1.807, 2.05) is 34.9 Å². The number of piperidine rings is 1. The van der Waals surface area contributed by atoms with E-state index in [9.17, 15) is 9.59 Å². The van der Waals surface area contributed by atoms with E-state index in [0.717, 1.165) is 48.6 Å². The van der Waals surface area contributed by atoms with Crippen molar-refractivity contribution < 1.29 is 9.53 Å². The number of methoxy groups -OCH3 is 1. The van der Waals surface area contributed by atoms with Gasteiger partial charge in [0, 0.05) is 43.9 Å². The first-order valence-corrected chi connectivity index (χ1v) is 10.5. The maximum atomic E-state index is 12.9. The molecule has 2 aromatic heterocycles. The van der Waals surface area contributed by atoms with E-state index < -0.39 is 5.97 Å². The lowest BCUT2D eigenvalue weighted by molar-refractivity contribution is 0.0593. The van der Waals surface area contributed by atoms with E-state index in [1.54, 1.807) is 12.3 Å². The average Bonchev–Trinajstić information content (AvgIpc) is 2.80. The summed E-state index contributed by atoms with van der Waals surface area (Å²) in [4.78, 5) is 35.4. The molecule has 1 fully saturated rings. The van der Waals surface area contributed by atoms with Gasteiger partial charge in [-0.15, -0.1) is 0 Å². The van der Waals surface area contributed by atoms with Gasteiger partial charge in [-0.1, -0.05) is 30.3 Å². The Morgan fingerprint density at radius 1 is 1.06 bits per heavy atom. The van der Waals surface area contributed by atoms with Crippen molar-refractivity contribution >= 4 is 5.97 Å². The Morgan fingerprint density at radius 2 is 1.90 bits per heavy atom. The molecule has 2 aliphatic rings. The number of aromatic nitrogens is 3. The Balaban J connectivity index is 1.38. The second kappa shape index (κ2) is 8.07. The number of carbonyl (C=O) groups excluding carboxylic acids is 1. The van der Waals surface area contributed by atoms with Crippen molar-refractivity contribution in [3.8, 4) is 11.1 Å². The Morgan fingerprint density at radius 3 is 2.65 bits per heavy atom. The summed E-state index contributed by atoms with van der Waals surface area (Å²) in [5.41, 5.74) is 4.30. The summed E-state index contributed by atoms with van der Waals surface area (Å²) in [6, 6.07) is 14.0. The molecule has 0 aliphatic carbocycles. The highest BCUT2D eigenvalue weighted by Gasteiger charge is 2.35. The van der Waals surface area contributed by atoms with Crippen LogP contribution in [0.2, 0.25) is 0 Å². The molecule has 2 atom stereocenters. The van der Waals surface area contributed by atoms with E-state index in [0.29, 0.717) is 18.4 Å². The van der Waals surface area contributed by atoms with Crippen LogP contribution in [0, 0.1) is 5.92 Å².